The molecule has 0 saturated heterocycles. The van der Waals surface area contributed by atoms with E-state index in [9.17, 15) is 4.79 Å². The summed E-state index contributed by atoms with van der Waals surface area (Å²) in [5, 5.41) is 4.55. The molecule has 0 radical (unpaired) electrons. The van der Waals surface area contributed by atoms with Gasteiger partial charge in [0.2, 0.25) is 0 Å². The molecule has 4 aromatic rings. The van der Waals surface area contributed by atoms with Crippen LogP contribution in [0.4, 0.5) is 0 Å². The third-order valence-electron chi connectivity index (χ3n) is 8.86. The number of aryl methyl sites for hydroxylation is 1. The van der Waals surface area contributed by atoms with Crippen molar-refractivity contribution in [2.75, 3.05) is 6.16 Å². The quantitative estimate of drug-likeness (QED) is 0.0532. The lowest BCUT2D eigenvalue weighted by Gasteiger charge is -2.27. The number of ketones is 1. The number of hydrogen-bond donors (Lipinski definition) is 0. The van der Waals surface area contributed by atoms with Gasteiger partial charge in [0.1, 0.15) is 29.0 Å². The summed E-state index contributed by atoms with van der Waals surface area (Å²) in [6.45, 7) is 20.3. The van der Waals surface area contributed by atoms with Crippen molar-refractivity contribution >= 4 is 29.0 Å². The molecule has 0 atom stereocenters. The highest BCUT2D eigenvalue weighted by atomic mass is 31.2. The van der Waals surface area contributed by atoms with Gasteiger partial charge in [-0.1, -0.05) is 208 Å². The predicted molar refractivity (Wildman–Crippen MR) is 244 cm³/mol. The molecular weight excluding hydrogens is 660 g/mol. The molecule has 0 bridgehead atoms. The average Bonchev–Trinajstić information content (AvgIpc) is 3.19. The zero-order chi connectivity index (χ0) is 39.4. The van der Waals surface area contributed by atoms with Crippen LogP contribution in [0, 0.1) is 6.92 Å². The zero-order valence-electron chi connectivity index (χ0n) is 35.4. The fourth-order valence-corrected chi connectivity index (χ4v) is 10.5. The molecule has 1 nitrogen and oxygen atoms in total. The van der Waals surface area contributed by atoms with E-state index in [-0.39, 0.29) is 0 Å². The fourth-order valence-electron chi connectivity index (χ4n) is 6.13. The van der Waals surface area contributed by atoms with E-state index in [1.54, 1.807) is 0 Å². The smallest absolute Gasteiger partial charge is 0.136 e. The Morgan fingerprint density at radius 3 is 1.11 bits per heavy atom. The Morgan fingerprint density at radius 1 is 0.491 bits per heavy atom. The Morgan fingerprint density at radius 2 is 0.830 bits per heavy atom. The molecule has 0 saturated carbocycles. The molecule has 0 aliphatic heterocycles. The van der Waals surface area contributed by atoms with E-state index in [0.29, 0.717) is 18.6 Å². The van der Waals surface area contributed by atoms with Gasteiger partial charge in [-0.2, -0.15) is 0 Å². The molecule has 0 heterocycles. The van der Waals surface area contributed by atoms with E-state index in [1.165, 1.54) is 105 Å². The molecular formula is C51H78OP+. The first kappa shape index (κ1) is 49.7. The van der Waals surface area contributed by atoms with Crippen molar-refractivity contribution in [1.82, 2.24) is 0 Å². The van der Waals surface area contributed by atoms with Crippen molar-refractivity contribution in [3.8, 4) is 0 Å². The molecule has 53 heavy (non-hydrogen) atoms. The first-order chi connectivity index (χ1) is 25.8. The third-order valence-corrected chi connectivity index (χ3v) is 13.4. The summed E-state index contributed by atoms with van der Waals surface area (Å²) in [4.78, 5) is 10.8. The minimum Gasteiger partial charge on any atom is -0.299 e. The van der Waals surface area contributed by atoms with Crippen molar-refractivity contribution in [2.45, 2.75) is 152 Å². The maximum absolute atomic E-state index is 10.8. The van der Waals surface area contributed by atoms with Crippen molar-refractivity contribution < 1.29 is 4.79 Å². The monoisotopic (exact) mass is 738 g/mol. The Labute approximate surface area is 329 Å². The number of hydrogen-bond acceptors (Lipinski definition) is 1. The Bertz CT molecular complexity index is 1270. The number of Topliss-reactive ketones (excluding diaryl/α,β-unsaturated/α-hetero) is 1. The SMILES string of the molecule is C=C(C)CC(=O)CCC.CC.CCCCC.CCCCCCCCCCC[P+](c1ccccc1)(c1ccccc1)c1ccccc1.Cc1ccccc1. The minimum atomic E-state index is -1.62. The highest BCUT2D eigenvalue weighted by Gasteiger charge is 2.44. The van der Waals surface area contributed by atoms with E-state index in [2.05, 4.69) is 137 Å². The molecule has 0 fully saturated rings. The normalized spacial score (nSPS) is 10.1. The maximum Gasteiger partial charge on any atom is 0.136 e. The van der Waals surface area contributed by atoms with E-state index in [0.717, 1.165) is 12.0 Å². The molecule has 0 aromatic heterocycles. The summed E-state index contributed by atoms with van der Waals surface area (Å²) < 4.78 is 0. The molecule has 0 N–H and O–H groups in total. The maximum atomic E-state index is 10.8. The Kier molecular flexibility index (Phi) is 32.4. The van der Waals surface area contributed by atoms with Gasteiger partial charge < -0.3 is 0 Å². The van der Waals surface area contributed by atoms with Gasteiger partial charge in [0.15, 0.2) is 0 Å². The van der Waals surface area contributed by atoms with E-state index >= 15 is 0 Å². The molecule has 0 aliphatic rings. The van der Waals surface area contributed by atoms with Gasteiger partial charge in [0, 0.05) is 12.8 Å². The third kappa shape index (κ3) is 23.2. The van der Waals surface area contributed by atoms with Crippen LogP contribution in [0.1, 0.15) is 150 Å². The van der Waals surface area contributed by atoms with Crippen LogP contribution < -0.4 is 15.9 Å². The van der Waals surface area contributed by atoms with Crippen LogP contribution in [0.15, 0.2) is 133 Å². The number of rotatable bonds is 19. The topological polar surface area (TPSA) is 17.1 Å². The van der Waals surface area contributed by atoms with Crippen molar-refractivity contribution in [3.05, 3.63) is 139 Å². The van der Waals surface area contributed by atoms with Gasteiger partial charge in [0.05, 0.1) is 6.16 Å². The zero-order valence-corrected chi connectivity index (χ0v) is 36.3. The lowest BCUT2D eigenvalue weighted by molar-refractivity contribution is -0.118. The van der Waals surface area contributed by atoms with Gasteiger partial charge in [0.25, 0.3) is 0 Å². The van der Waals surface area contributed by atoms with E-state index in [4.69, 9.17) is 0 Å². The largest absolute Gasteiger partial charge is 0.299 e. The number of allylic oxidation sites excluding steroid dienone is 1. The van der Waals surface area contributed by atoms with Crippen molar-refractivity contribution in [1.29, 1.82) is 0 Å². The molecule has 292 valence electrons. The van der Waals surface area contributed by atoms with Gasteiger partial charge in [-0.15, -0.1) is 0 Å². The molecule has 0 amide bonds. The van der Waals surface area contributed by atoms with Gasteiger partial charge in [-0.25, -0.2) is 0 Å². The molecule has 2 heteroatoms. The molecule has 0 aliphatic carbocycles. The summed E-state index contributed by atoms with van der Waals surface area (Å²) in [5.41, 5.74) is 2.29. The van der Waals surface area contributed by atoms with Crippen LogP contribution in [-0.2, 0) is 4.79 Å². The number of carbonyl (C=O) groups is 1. The first-order valence-electron chi connectivity index (χ1n) is 21.1. The van der Waals surface area contributed by atoms with Crippen molar-refractivity contribution in [2.24, 2.45) is 0 Å². The summed E-state index contributed by atoms with van der Waals surface area (Å²) in [5.74, 6) is 0.310. The average molecular weight is 738 g/mol. The second-order valence-corrected chi connectivity index (χ2v) is 17.4. The highest BCUT2D eigenvalue weighted by molar-refractivity contribution is 7.95. The van der Waals surface area contributed by atoms with Gasteiger partial charge in [-0.05, 0) is 69.5 Å². The highest BCUT2D eigenvalue weighted by Crippen LogP contribution is 2.56. The molecule has 4 aromatic carbocycles. The lowest BCUT2D eigenvalue weighted by Crippen LogP contribution is -2.33. The van der Waals surface area contributed by atoms with Gasteiger partial charge in [-0.3, -0.25) is 4.79 Å². The van der Waals surface area contributed by atoms with Crippen LogP contribution in [0.3, 0.4) is 0 Å². The summed E-state index contributed by atoms with van der Waals surface area (Å²) >= 11 is 0. The number of carbonyl (C=O) groups excluding carboxylic acids is 1. The summed E-state index contributed by atoms with van der Waals surface area (Å²) in [7, 11) is -1.62. The van der Waals surface area contributed by atoms with E-state index in [1.807, 2.05) is 45.9 Å². The standard InChI is InChI=1S/C29H38P.C8H14O.C7H8.C5H12.C2H6/c1-2-3-4-5-6-7-8-9-19-26-30(27-20-13-10-14-21-27,28-22-15-11-16-23-28)29-24-17-12-18-25-29;1-4-5-8(9)6-7(2)3;1-7-5-3-2-4-6-7;1-3-5-4-2;1-2/h10-18,20-25H,2-9,19,26H2,1H3;2,4-6H2,1,3H3;2-6H,1H3;3-5H2,1-2H3;1-2H3/q+1;;;;. The predicted octanol–water partition coefficient (Wildman–Crippen LogP) is 15.1. The van der Waals surface area contributed by atoms with Crippen LogP contribution in [0.2, 0.25) is 0 Å². The Balaban J connectivity index is 0.000000951. The number of benzene rings is 4. The minimum absolute atomic E-state index is 0.310. The lowest BCUT2D eigenvalue weighted by atomic mass is 10.1. The molecule has 0 spiro atoms. The second kappa shape index (κ2) is 34.5. The fraction of sp³-hybridized carbons (Fsp3) is 0.471. The van der Waals surface area contributed by atoms with Crippen LogP contribution >= 0.6 is 7.26 Å². The van der Waals surface area contributed by atoms with Crippen molar-refractivity contribution in [3.63, 3.8) is 0 Å². The van der Waals surface area contributed by atoms with E-state index < -0.39 is 7.26 Å². The van der Waals surface area contributed by atoms with Crippen LogP contribution in [0.25, 0.3) is 0 Å². The summed E-state index contributed by atoms with van der Waals surface area (Å²) in [6.07, 6.45) is 20.0. The van der Waals surface area contributed by atoms with Gasteiger partial charge >= 0.3 is 0 Å². The summed E-state index contributed by atoms with van der Waals surface area (Å²) in [6, 6.07) is 44.2. The second-order valence-electron chi connectivity index (χ2n) is 13.8. The molecule has 4 rings (SSSR count). The molecule has 0 unspecified atom stereocenters. The van der Waals surface area contributed by atoms with Crippen LogP contribution in [-0.4, -0.2) is 11.9 Å². The number of unbranched alkanes of at least 4 members (excludes halogenated alkanes) is 10. The van der Waals surface area contributed by atoms with Crippen LogP contribution in [0.5, 0.6) is 0 Å². The Hall–Kier alpha value is -3.28. The first-order valence-corrected chi connectivity index (χ1v) is 23.1.